The lowest BCUT2D eigenvalue weighted by atomic mass is 9.98. The molecule has 3 rings (SSSR count). The lowest BCUT2D eigenvalue weighted by molar-refractivity contribution is 0.349. The predicted octanol–water partition coefficient (Wildman–Crippen LogP) is 3.24. The molecule has 0 fully saturated rings. The highest BCUT2D eigenvalue weighted by atomic mass is 31.0. The number of nitrogens with zero attached hydrogens (tertiary/aromatic N) is 1. The van der Waals surface area contributed by atoms with Crippen LogP contribution in [0.3, 0.4) is 0 Å². The van der Waals surface area contributed by atoms with E-state index in [1.807, 2.05) is 36.4 Å². The molecule has 2 nitrogen and oxygen atoms in total. The van der Waals surface area contributed by atoms with Gasteiger partial charge in [0.05, 0.1) is 5.28 Å². The summed E-state index contributed by atoms with van der Waals surface area (Å²) < 4.78 is 0. The molecule has 86 valence electrons. The highest BCUT2D eigenvalue weighted by molar-refractivity contribution is 7.18. The van der Waals surface area contributed by atoms with E-state index >= 15 is 0 Å². The molecule has 3 heteroatoms. The fourth-order valence-corrected chi connectivity index (χ4v) is 2.85. The fourth-order valence-electron chi connectivity index (χ4n) is 2.36. The van der Waals surface area contributed by atoms with E-state index in [1.165, 1.54) is 5.39 Å². The van der Waals surface area contributed by atoms with Crippen molar-refractivity contribution in [2.24, 2.45) is 0 Å². The second-order valence-corrected chi connectivity index (χ2v) is 5.20. The van der Waals surface area contributed by atoms with Crippen LogP contribution in [0.2, 0.25) is 0 Å². The van der Waals surface area contributed by atoms with E-state index in [0.29, 0.717) is 6.54 Å². The van der Waals surface area contributed by atoms with Crippen molar-refractivity contribution in [3.05, 3.63) is 65.4 Å². The molecule has 0 aromatic heterocycles. The maximum atomic E-state index is 12.0. The van der Waals surface area contributed by atoms with Gasteiger partial charge in [0, 0.05) is 6.54 Å². The van der Waals surface area contributed by atoms with E-state index in [-0.39, 0.29) is 0 Å². The van der Waals surface area contributed by atoms with E-state index in [0.717, 1.165) is 16.0 Å². The minimum atomic E-state index is -0.610. The van der Waals surface area contributed by atoms with E-state index in [1.54, 1.807) is 0 Å². The van der Waals surface area contributed by atoms with Crippen LogP contribution in [-0.2, 0) is 5.28 Å². The Morgan fingerprint density at radius 3 is 2.65 bits per heavy atom. The molecule has 2 aromatic carbocycles. The highest BCUT2D eigenvalue weighted by Crippen LogP contribution is 2.42. The smallest absolute Gasteiger partial charge is 0.0680 e. The van der Waals surface area contributed by atoms with Crippen LogP contribution in [0.4, 0.5) is 0 Å². The first-order valence-corrected chi connectivity index (χ1v) is 6.19. The highest BCUT2D eigenvalue weighted by Gasteiger charge is 2.29. The second kappa shape index (κ2) is 3.92. The molecule has 0 amide bonds. The Balaban J connectivity index is 2.27. The molecule has 1 aliphatic heterocycles. The van der Waals surface area contributed by atoms with Crippen LogP contribution in [-0.4, -0.2) is 11.6 Å². The first-order chi connectivity index (χ1) is 8.22. The lowest BCUT2D eigenvalue weighted by Gasteiger charge is -2.40. The molecular weight excluding hydrogens is 229 g/mol. The first kappa shape index (κ1) is 10.9. The molecule has 2 atom stereocenters. The molecule has 0 bridgehead atoms. The minimum Gasteiger partial charge on any atom is -0.784 e. The van der Waals surface area contributed by atoms with Crippen molar-refractivity contribution in [2.45, 2.75) is 5.28 Å². The molecule has 2 unspecified atom stereocenters. The van der Waals surface area contributed by atoms with Crippen molar-refractivity contribution in [1.29, 1.82) is 0 Å². The zero-order valence-electron chi connectivity index (χ0n) is 9.34. The van der Waals surface area contributed by atoms with Gasteiger partial charge in [-0.25, -0.2) is 0 Å². The van der Waals surface area contributed by atoms with Gasteiger partial charge in [0.25, 0.3) is 0 Å². The molecule has 0 N–H and O–H groups in total. The second-order valence-electron chi connectivity index (χ2n) is 4.32. The average molecular weight is 242 g/mol. The van der Waals surface area contributed by atoms with Crippen LogP contribution < -0.4 is 0 Å². The maximum Gasteiger partial charge on any atom is 0.0680 e. The van der Waals surface area contributed by atoms with Crippen molar-refractivity contribution >= 4 is 20.0 Å². The van der Waals surface area contributed by atoms with Gasteiger partial charge in [-0.05, 0) is 16.3 Å². The summed E-state index contributed by atoms with van der Waals surface area (Å²) in [5.74, 6) is 0. The molecule has 2 aromatic rings. The SMILES string of the molecule is [O-]N1CC=CC1(P)c1cccc2ccccc12. The third-order valence-corrected chi connectivity index (χ3v) is 4.07. The Morgan fingerprint density at radius 1 is 1.12 bits per heavy atom. The van der Waals surface area contributed by atoms with Gasteiger partial charge in [0.1, 0.15) is 0 Å². The van der Waals surface area contributed by atoms with Crippen LogP contribution in [0.15, 0.2) is 54.6 Å². The summed E-state index contributed by atoms with van der Waals surface area (Å²) >= 11 is 0. The number of rotatable bonds is 1. The molecule has 0 radical (unpaired) electrons. The van der Waals surface area contributed by atoms with Gasteiger partial charge in [0.2, 0.25) is 0 Å². The summed E-state index contributed by atoms with van der Waals surface area (Å²) in [6, 6.07) is 14.3. The molecule has 0 aliphatic carbocycles. The van der Waals surface area contributed by atoms with E-state index in [4.69, 9.17) is 0 Å². The van der Waals surface area contributed by atoms with E-state index < -0.39 is 5.28 Å². The van der Waals surface area contributed by atoms with Crippen molar-refractivity contribution in [3.63, 3.8) is 0 Å². The van der Waals surface area contributed by atoms with Gasteiger partial charge in [-0.3, -0.25) is 0 Å². The number of hydrogen-bond donors (Lipinski definition) is 0. The summed E-state index contributed by atoms with van der Waals surface area (Å²) in [5.41, 5.74) is 1.05. The molecule has 0 saturated carbocycles. The quantitative estimate of drug-likeness (QED) is 0.567. The number of hydrogen-bond acceptors (Lipinski definition) is 2. The Morgan fingerprint density at radius 2 is 1.88 bits per heavy atom. The largest absolute Gasteiger partial charge is 0.784 e. The third kappa shape index (κ3) is 1.61. The van der Waals surface area contributed by atoms with Gasteiger partial charge in [-0.2, -0.15) is 0 Å². The Labute approximate surface area is 103 Å². The standard InChI is InChI=1S/C14H13NOP/c16-15-10-4-9-14(15,17)13-8-3-6-11-5-1-2-7-12(11)13/h1-9H,10,17H2/q-1. The summed E-state index contributed by atoms with van der Waals surface area (Å²) in [7, 11) is 2.68. The van der Waals surface area contributed by atoms with Crippen LogP contribution >= 0.6 is 9.24 Å². The topological polar surface area (TPSA) is 26.3 Å². The summed E-state index contributed by atoms with van der Waals surface area (Å²) in [6.45, 7) is 0.451. The molecule has 0 saturated heterocycles. The van der Waals surface area contributed by atoms with E-state index in [9.17, 15) is 5.21 Å². The molecule has 0 spiro atoms. The Bertz CT molecular complexity index is 590. The fraction of sp³-hybridized carbons (Fsp3) is 0.143. The number of fused-ring (bicyclic) bond motifs is 1. The predicted molar refractivity (Wildman–Crippen MR) is 74.5 cm³/mol. The third-order valence-electron chi connectivity index (χ3n) is 3.28. The number of hydroxylamine groups is 2. The van der Waals surface area contributed by atoms with Crippen LogP contribution in [0.1, 0.15) is 5.56 Å². The molecular formula is C14H13NOP-. The van der Waals surface area contributed by atoms with Gasteiger partial charge in [-0.1, -0.05) is 54.6 Å². The molecule has 17 heavy (non-hydrogen) atoms. The van der Waals surface area contributed by atoms with Crippen molar-refractivity contribution in [3.8, 4) is 0 Å². The van der Waals surface area contributed by atoms with Crippen molar-refractivity contribution in [2.75, 3.05) is 6.54 Å². The zero-order valence-corrected chi connectivity index (χ0v) is 10.5. The number of benzene rings is 2. The van der Waals surface area contributed by atoms with Gasteiger partial charge >= 0.3 is 0 Å². The van der Waals surface area contributed by atoms with E-state index in [2.05, 4.69) is 27.4 Å². The van der Waals surface area contributed by atoms with Gasteiger partial charge < -0.3 is 10.3 Å². The average Bonchev–Trinajstić information content (AvgIpc) is 2.70. The van der Waals surface area contributed by atoms with Crippen LogP contribution in [0, 0.1) is 5.21 Å². The summed E-state index contributed by atoms with van der Waals surface area (Å²) in [5, 5.41) is 14.8. The monoisotopic (exact) mass is 242 g/mol. The van der Waals surface area contributed by atoms with Crippen molar-refractivity contribution < 1.29 is 0 Å². The normalized spacial score (nSPS) is 24.6. The van der Waals surface area contributed by atoms with Crippen molar-refractivity contribution in [1.82, 2.24) is 5.06 Å². The first-order valence-electron chi connectivity index (χ1n) is 5.61. The van der Waals surface area contributed by atoms with Crippen LogP contribution in [0.25, 0.3) is 10.8 Å². The van der Waals surface area contributed by atoms with Crippen LogP contribution in [0.5, 0.6) is 0 Å². The summed E-state index contributed by atoms with van der Waals surface area (Å²) in [4.78, 5) is 0. The lowest BCUT2D eigenvalue weighted by Crippen LogP contribution is -2.31. The maximum absolute atomic E-state index is 12.0. The zero-order chi connectivity index (χ0) is 11.9. The van der Waals surface area contributed by atoms with Gasteiger partial charge in [-0.15, -0.1) is 9.24 Å². The summed E-state index contributed by atoms with van der Waals surface area (Å²) in [6.07, 6.45) is 3.88. The molecule has 1 aliphatic rings. The van der Waals surface area contributed by atoms with Gasteiger partial charge in [0.15, 0.2) is 0 Å². The molecule has 1 heterocycles. The Kier molecular flexibility index (Phi) is 2.52. The Hall–Kier alpha value is -1.21. The minimum absolute atomic E-state index is 0.451.